The number of hydrogen-bond donors (Lipinski definition) is 0. The molecule has 0 unspecified atom stereocenters. The predicted octanol–water partition coefficient (Wildman–Crippen LogP) is 3.54. The van der Waals surface area contributed by atoms with Crippen LogP contribution in [0.2, 0.25) is 0 Å². The van der Waals surface area contributed by atoms with Gasteiger partial charge in [-0.05, 0) is 37.1 Å². The normalized spacial score (nSPS) is 20.4. The molecule has 3 heterocycles. The SMILES string of the molecule is C=CCN(CC=C)C(=O)[C@@H]1CCCN(c2cccc3c2C(=O)N(C[C@H]2COc4ccccc4O2)C3=O)C1. The molecule has 1 fully saturated rings. The van der Waals surface area contributed by atoms with Crippen molar-refractivity contribution in [1.29, 1.82) is 0 Å². The van der Waals surface area contributed by atoms with E-state index in [9.17, 15) is 14.4 Å². The summed E-state index contributed by atoms with van der Waals surface area (Å²) in [6, 6.07) is 12.7. The lowest BCUT2D eigenvalue weighted by Crippen LogP contribution is -2.45. The molecule has 0 bridgehead atoms. The molecule has 37 heavy (non-hydrogen) atoms. The maximum Gasteiger partial charge on any atom is 0.263 e. The molecule has 5 rings (SSSR count). The molecular formula is C29H31N3O5. The average Bonchev–Trinajstić information content (AvgIpc) is 3.17. The average molecular weight is 502 g/mol. The first-order valence-electron chi connectivity index (χ1n) is 12.6. The molecule has 8 heteroatoms. The van der Waals surface area contributed by atoms with Crippen molar-refractivity contribution in [3.05, 3.63) is 78.9 Å². The van der Waals surface area contributed by atoms with Crippen LogP contribution in [-0.4, -0.2) is 73.0 Å². The summed E-state index contributed by atoms with van der Waals surface area (Å²) in [4.78, 5) is 45.1. The predicted molar refractivity (Wildman–Crippen MR) is 140 cm³/mol. The van der Waals surface area contributed by atoms with E-state index in [1.54, 1.807) is 35.3 Å². The molecule has 0 spiro atoms. The van der Waals surface area contributed by atoms with Crippen LogP contribution in [0.4, 0.5) is 5.69 Å². The fourth-order valence-corrected chi connectivity index (χ4v) is 5.32. The molecule has 3 amide bonds. The number of amides is 3. The first kappa shape index (κ1) is 24.6. The maximum absolute atomic E-state index is 13.6. The Hall–Kier alpha value is -4.07. The Morgan fingerprint density at radius 2 is 1.78 bits per heavy atom. The van der Waals surface area contributed by atoms with Crippen LogP contribution >= 0.6 is 0 Å². The second-order valence-corrected chi connectivity index (χ2v) is 9.52. The Bertz CT molecular complexity index is 1230. The minimum atomic E-state index is -0.460. The zero-order chi connectivity index (χ0) is 25.9. The van der Waals surface area contributed by atoms with Gasteiger partial charge in [0.15, 0.2) is 17.6 Å². The molecule has 0 saturated carbocycles. The van der Waals surface area contributed by atoms with Gasteiger partial charge in [-0.2, -0.15) is 0 Å². The Morgan fingerprint density at radius 1 is 1.03 bits per heavy atom. The van der Waals surface area contributed by atoms with E-state index in [2.05, 4.69) is 18.1 Å². The smallest absolute Gasteiger partial charge is 0.263 e. The highest BCUT2D eigenvalue weighted by Gasteiger charge is 2.41. The molecule has 0 radical (unpaired) electrons. The van der Waals surface area contributed by atoms with E-state index in [0.29, 0.717) is 54.5 Å². The van der Waals surface area contributed by atoms with Crippen molar-refractivity contribution in [2.24, 2.45) is 5.92 Å². The van der Waals surface area contributed by atoms with E-state index in [1.807, 2.05) is 24.3 Å². The van der Waals surface area contributed by atoms with Crippen LogP contribution in [0.1, 0.15) is 33.6 Å². The summed E-state index contributed by atoms with van der Waals surface area (Å²) in [7, 11) is 0. The number of imide groups is 1. The molecule has 8 nitrogen and oxygen atoms in total. The second kappa shape index (κ2) is 10.5. The van der Waals surface area contributed by atoms with E-state index < -0.39 is 6.10 Å². The van der Waals surface area contributed by atoms with Crippen LogP contribution in [0.25, 0.3) is 0 Å². The van der Waals surface area contributed by atoms with E-state index >= 15 is 0 Å². The summed E-state index contributed by atoms with van der Waals surface area (Å²) in [5, 5.41) is 0. The molecule has 1 saturated heterocycles. The van der Waals surface area contributed by atoms with E-state index in [0.717, 1.165) is 12.8 Å². The number of carbonyl (C=O) groups is 3. The number of benzene rings is 2. The van der Waals surface area contributed by atoms with E-state index in [4.69, 9.17) is 9.47 Å². The summed E-state index contributed by atoms with van der Waals surface area (Å²) >= 11 is 0. The van der Waals surface area contributed by atoms with Crippen molar-refractivity contribution in [2.75, 3.05) is 44.2 Å². The molecule has 3 aliphatic heterocycles. The Balaban J connectivity index is 1.33. The van der Waals surface area contributed by atoms with Crippen LogP contribution in [0, 0.1) is 5.92 Å². The molecule has 2 aromatic carbocycles. The minimum absolute atomic E-state index is 0.0517. The van der Waals surface area contributed by atoms with Crippen LogP contribution in [0.15, 0.2) is 67.8 Å². The zero-order valence-electron chi connectivity index (χ0n) is 20.8. The molecule has 0 aromatic heterocycles. The van der Waals surface area contributed by atoms with Gasteiger partial charge in [-0.1, -0.05) is 30.4 Å². The summed E-state index contributed by atoms with van der Waals surface area (Å²) in [6.07, 6.45) is 4.55. The lowest BCUT2D eigenvalue weighted by molar-refractivity contribution is -0.134. The minimum Gasteiger partial charge on any atom is -0.486 e. The Morgan fingerprint density at radius 3 is 2.54 bits per heavy atom. The van der Waals surface area contributed by atoms with Gasteiger partial charge in [0.05, 0.1) is 29.3 Å². The fourth-order valence-electron chi connectivity index (χ4n) is 5.32. The third kappa shape index (κ3) is 4.71. The first-order chi connectivity index (χ1) is 18.0. The topological polar surface area (TPSA) is 79.4 Å². The number of nitrogens with zero attached hydrogens (tertiary/aromatic N) is 3. The quantitative estimate of drug-likeness (QED) is 0.407. The number of piperidine rings is 1. The van der Waals surface area contributed by atoms with E-state index in [1.165, 1.54) is 4.90 Å². The van der Waals surface area contributed by atoms with Gasteiger partial charge < -0.3 is 19.3 Å². The number of hydrogen-bond acceptors (Lipinski definition) is 6. The summed E-state index contributed by atoms with van der Waals surface area (Å²) < 4.78 is 11.8. The Labute approximate surface area is 216 Å². The fraction of sp³-hybridized carbons (Fsp3) is 0.345. The lowest BCUT2D eigenvalue weighted by atomic mass is 9.94. The van der Waals surface area contributed by atoms with Crippen LogP contribution in [-0.2, 0) is 4.79 Å². The van der Waals surface area contributed by atoms with Gasteiger partial charge in [0.1, 0.15) is 6.61 Å². The van der Waals surface area contributed by atoms with Crippen molar-refractivity contribution in [1.82, 2.24) is 9.80 Å². The number of para-hydroxylation sites is 2. The van der Waals surface area contributed by atoms with Crippen LogP contribution in [0.3, 0.4) is 0 Å². The summed E-state index contributed by atoms with van der Waals surface area (Å²) in [5.41, 5.74) is 1.47. The highest BCUT2D eigenvalue weighted by molar-refractivity contribution is 6.23. The molecular weight excluding hydrogens is 470 g/mol. The number of carbonyl (C=O) groups excluding carboxylic acids is 3. The molecule has 0 aliphatic carbocycles. The second-order valence-electron chi connectivity index (χ2n) is 9.52. The third-order valence-corrected chi connectivity index (χ3v) is 7.05. The van der Waals surface area contributed by atoms with Crippen LogP contribution in [0.5, 0.6) is 11.5 Å². The van der Waals surface area contributed by atoms with Gasteiger partial charge in [-0.25, -0.2) is 0 Å². The van der Waals surface area contributed by atoms with Crippen molar-refractivity contribution < 1.29 is 23.9 Å². The first-order valence-corrected chi connectivity index (χ1v) is 12.6. The van der Waals surface area contributed by atoms with Crippen molar-refractivity contribution in [3.63, 3.8) is 0 Å². The van der Waals surface area contributed by atoms with Crippen molar-refractivity contribution in [3.8, 4) is 11.5 Å². The van der Waals surface area contributed by atoms with Gasteiger partial charge in [0.2, 0.25) is 5.91 Å². The summed E-state index contributed by atoms with van der Waals surface area (Å²) in [6.45, 7) is 9.97. The number of ether oxygens (including phenoxy) is 2. The zero-order valence-corrected chi connectivity index (χ0v) is 20.8. The van der Waals surface area contributed by atoms with Crippen LogP contribution < -0.4 is 14.4 Å². The maximum atomic E-state index is 13.6. The van der Waals surface area contributed by atoms with Crippen molar-refractivity contribution in [2.45, 2.75) is 18.9 Å². The summed E-state index contributed by atoms with van der Waals surface area (Å²) in [5.74, 6) is 0.416. The molecule has 3 aliphatic rings. The monoisotopic (exact) mass is 501 g/mol. The molecule has 0 N–H and O–H groups in total. The standard InChI is InChI=1S/C29H31N3O5/c1-3-14-30(15-4-2)27(33)20-9-8-16-31(17-20)23-11-7-10-22-26(23)29(35)32(28(22)34)18-21-19-36-24-12-5-6-13-25(24)37-21/h3-7,10-13,20-21H,1-2,8-9,14-19H2/t20-,21+/m1/s1. The highest BCUT2D eigenvalue weighted by Crippen LogP contribution is 2.36. The number of rotatable bonds is 8. The van der Waals surface area contributed by atoms with Crippen molar-refractivity contribution >= 4 is 23.4 Å². The lowest BCUT2D eigenvalue weighted by Gasteiger charge is -2.36. The molecule has 192 valence electrons. The molecule has 2 aromatic rings. The Kier molecular flexibility index (Phi) is 6.99. The van der Waals surface area contributed by atoms with Gasteiger partial charge in [-0.3, -0.25) is 19.3 Å². The van der Waals surface area contributed by atoms with E-state index in [-0.39, 0.29) is 36.8 Å². The van der Waals surface area contributed by atoms with Gasteiger partial charge in [-0.15, -0.1) is 13.2 Å². The van der Waals surface area contributed by atoms with Gasteiger partial charge in [0.25, 0.3) is 11.8 Å². The van der Waals surface area contributed by atoms with Gasteiger partial charge in [0, 0.05) is 26.2 Å². The third-order valence-electron chi connectivity index (χ3n) is 7.05. The number of fused-ring (bicyclic) bond motifs is 2. The van der Waals surface area contributed by atoms with Gasteiger partial charge >= 0.3 is 0 Å². The number of anilines is 1. The largest absolute Gasteiger partial charge is 0.486 e. The molecule has 2 atom stereocenters. The highest BCUT2D eigenvalue weighted by atomic mass is 16.6.